The van der Waals surface area contributed by atoms with Crippen LogP contribution in [-0.2, 0) is 16.0 Å². The molecule has 2 N–H and O–H groups in total. The van der Waals surface area contributed by atoms with Crippen molar-refractivity contribution in [3.8, 4) is 11.5 Å². The van der Waals surface area contributed by atoms with Gasteiger partial charge in [0, 0.05) is 0 Å². The van der Waals surface area contributed by atoms with Gasteiger partial charge in [-0.1, -0.05) is 24.8 Å². The highest BCUT2D eigenvalue weighted by Gasteiger charge is 2.15. The quantitative estimate of drug-likeness (QED) is 0.315. The van der Waals surface area contributed by atoms with Gasteiger partial charge < -0.3 is 14.8 Å². The molecule has 0 aliphatic carbocycles. The second-order valence-corrected chi connectivity index (χ2v) is 7.19. The predicted molar refractivity (Wildman–Crippen MR) is 120 cm³/mol. The first kappa shape index (κ1) is 23.2. The number of hydrogen-bond donors (Lipinski definition) is 2. The first-order valence-electron chi connectivity index (χ1n) is 9.21. The van der Waals surface area contributed by atoms with E-state index in [0.717, 1.165) is 21.3 Å². The maximum Gasteiger partial charge on any atom is 0.262 e. The van der Waals surface area contributed by atoms with Crippen molar-refractivity contribution < 1.29 is 19.1 Å². The molecule has 0 saturated carbocycles. The molecule has 2 rings (SSSR count). The number of halogens is 1. The molecule has 0 aromatic heterocycles. The van der Waals surface area contributed by atoms with Crippen LogP contribution in [-0.4, -0.2) is 37.8 Å². The molecule has 1 atom stereocenters. The Morgan fingerprint density at radius 2 is 1.97 bits per heavy atom. The number of amides is 2. The fourth-order valence-corrected chi connectivity index (χ4v) is 2.93. The number of hydrogen-bond acceptors (Lipinski definition) is 5. The first-order chi connectivity index (χ1) is 14.4. The zero-order valence-electron chi connectivity index (χ0n) is 16.9. The molecule has 2 amide bonds. The van der Waals surface area contributed by atoms with Gasteiger partial charge >= 0.3 is 0 Å². The Hall–Kier alpha value is -3.13. The van der Waals surface area contributed by atoms with Gasteiger partial charge in [0.05, 0.1) is 24.2 Å². The van der Waals surface area contributed by atoms with Crippen molar-refractivity contribution in [1.82, 2.24) is 10.7 Å². The lowest BCUT2D eigenvalue weighted by atomic mass is 10.1. The fourth-order valence-electron chi connectivity index (χ4n) is 2.42. The van der Waals surface area contributed by atoms with Crippen LogP contribution in [0.4, 0.5) is 0 Å². The molecule has 7 nitrogen and oxygen atoms in total. The van der Waals surface area contributed by atoms with Crippen LogP contribution >= 0.6 is 15.9 Å². The van der Waals surface area contributed by atoms with Gasteiger partial charge in [-0.05, 0) is 64.3 Å². The largest absolute Gasteiger partial charge is 0.497 e. The zero-order valence-corrected chi connectivity index (χ0v) is 18.4. The van der Waals surface area contributed by atoms with Gasteiger partial charge in [0.25, 0.3) is 5.91 Å². The van der Waals surface area contributed by atoms with E-state index < -0.39 is 11.9 Å². The highest BCUT2D eigenvalue weighted by atomic mass is 79.9. The van der Waals surface area contributed by atoms with Crippen LogP contribution in [0.1, 0.15) is 18.1 Å². The van der Waals surface area contributed by atoms with Crippen molar-refractivity contribution in [3.05, 3.63) is 70.7 Å². The van der Waals surface area contributed by atoms with Crippen molar-refractivity contribution in [2.24, 2.45) is 5.10 Å². The van der Waals surface area contributed by atoms with E-state index in [0.29, 0.717) is 12.4 Å². The Kier molecular flexibility index (Phi) is 9.08. The smallest absolute Gasteiger partial charge is 0.262 e. The van der Waals surface area contributed by atoms with Crippen LogP contribution in [0.5, 0.6) is 11.5 Å². The molecule has 0 spiro atoms. The second kappa shape index (κ2) is 11.8. The summed E-state index contributed by atoms with van der Waals surface area (Å²) in [6.45, 7) is 5.61. The molecule has 0 heterocycles. The molecule has 0 saturated heterocycles. The minimum atomic E-state index is -0.727. The van der Waals surface area contributed by atoms with E-state index >= 15 is 0 Å². The molecule has 0 fully saturated rings. The molecular weight excluding hydrogens is 450 g/mol. The Morgan fingerprint density at radius 1 is 1.23 bits per heavy atom. The minimum Gasteiger partial charge on any atom is -0.497 e. The predicted octanol–water partition coefficient (Wildman–Crippen LogP) is 3.22. The molecule has 0 aliphatic rings. The van der Waals surface area contributed by atoms with Crippen molar-refractivity contribution >= 4 is 34.0 Å². The molecule has 2 aromatic rings. The number of ether oxygens (including phenoxy) is 2. The lowest BCUT2D eigenvalue weighted by Gasteiger charge is -2.12. The van der Waals surface area contributed by atoms with Gasteiger partial charge in [-0.2, -0.15) is 5.10 Å². The van der Waals surface area contributed by atoms with E-state index in [4.69, 9.17) is 9.47 Å². The second-order valence-electron chi connectivity index (χ2n) is 6.34. The maximum atomic E-state index is 12.1. The molecule has 0 aliphatic heterocycles. The Labute approximate surface area is 184 Å². The maximum absolute atomic E-state index is 12.1. The number of carbonyl (C=O) groups is 2. The summed E-state index contributed by atoms with van der Waals surface area (Å²) in [6.07, 6.45) is 3.33. The van der Waals surface area contributed by atoms with E-state index in [1.54, 1.807) is 56.5 Å². The normalized spacial score (nSPS) is 11.6. The number of nitrogens with one attached hydrogen (secondary N) is 2. The molecular formula is C22H24BrN3O4. The third kappa shape index (κ3) is 7.36. The summed E-state index contributed by atoms with van der Waals surface area (Å²) in [5.74, 6) is 0.727. The first-order valence-corrected chi connectivity index (χ1v) is 10.0. The number of benzene rings is 2. The molecule has 8 heteroatoms. The SMILES string of the molecule is C=CCOc1ccc(C=NNC(=O)C(C)NC(=O)Cc2ccc(OC)cc2)cc1Br. The molecule has 2 aromatic carbocycles. The topological polar surface area (TPSA) is 89.0 Å². The summed E-state index contributed by atoms with van der Waals surface area (Å²) < 4.78 is 11.3. The lowest BCUT2D eigenvalue weighted by Crippen LogP contribution is -2.43. The molecule has 1 unspecified atom stereocenters. The summed E-state index contributed by atoms with van der Waals surface area (Å²) in [5.41, 5.74) is 4.01. The molecule has 0 bridgehead atoms. The van der Waals surface area contributed by atoms with E-state index in [9.17, 15) is 9.59 Å². The van der Waals surface area contributed by atoms with E-state index in [1.807, 2.05) is 6.07 Å². The molecule has 158 valence electrons. The van der Waals surface area contributed by atoms with E-state index in [2.05, 4.69) is 38.4 Å². The van der Waals surface area contributed by atoms with Gasteiger partial charge in [-0.15, -0.1) is 0 Å². The molecule has 0 radical (unpaired) electrons. The third-order valence-electron chi connectivity index (χ3n) is 4.00. The number of rotatable bonds is 10. The molecule has 30 heavy (non-hydrogen) atoms. The van der Waals surface area contributed by atoms with Gasteiger partial charge in [-0.3, -0.25) is 9.59 Å². The number of carbonyl (C=O) groups excluding carboxylic acids is 2. The fraction of sp³-hybridized carbons (Fsp3) is 0.227. The van der Waals surface area contributed by atoms with Crippen LogP contribution < -0.4 is 20.2 Å². The zero-order chi connectivity index (χ0) is 21.9. The Balaban J connectivity index is 1.82. The number of nitrogens with zero attached hydrogens (tertiary/aromatic N) is 1. The third-order valence-corrected chi connectivity index (χ3v) is 4.62. The van der Waals surface area contributed by atoms with Crippen LogP contribution in [0.2, 0.25) is 0 Å². The average Bonchev–Trinajstić information content (AvgIpc) is 2.73. The van der Waals surface area contributed by atoms with Crippen molar-refractivity contribution in [2.75, 3.05) is 13.7 Å². The van der Waals surface area contributed by atoms with Crippen LogP contribution in [0, 0.1) is 0 Å². The van der Waals surface area contributed by atoms with Gasteiger partial charge in [0.15, 0.2) is 0 Å². The van der Waals surface area contributed by atoms with Crippen molar-refractivity contribution in [3.63, 3.8) is 0 Å². The van der Waals surface area contributed by atoms with Gasteiger partial charge in [0.2, 0.25) is 5.91 Å². The van der Waals surface area contributed by atoms with Crippen molar-refractivity contribution in [2.45, 2.75) is 19.4 Å². The lowest BCUT2D eigenvalue weighted by molar-refractivity contribution is -0.128. The number of methoxy groups -OCH3 is 1. The van der Waals surface area contributed by atoms with E-state index in [-0.39, 0.29) is 12.3 Å². The van der Waals surface area contributed by atoms with Gasteiger partial charge in [-0.25, -0.2) is 5.43 Å². The monoisotopic (exact) mass is 473 g/mol. The summed E-state index contributed by atoms with van der Waals surface area (Å²) in [5, 5.41) is 6.59. The summed E-state index contributed by atoms with van der Waals surface area (Å²) >= 11 is 3.42. The highest BCUT2D eigenvalue weighted by Crippen LogP contribution is 2.25. The Bertz CT molecular complexity index is 913. The Morgan fingerprint density at radius 3 is 2.60 bits per heavy atom. The highest BCUT2D eigenvalue weighted by molar-refractivity contribution is 9.10. The van der Waals surface area contributed by atoms with Gasteiger partial charge in [0.1, 0.15) is 24.1 Å². The standard InChI is InChI=1S/C22H24BrN3O4/c1-4-11-30-20-10-7-17(12-19(20)23)14-24-26-22(28)15(2)25-21(27)13-16-5-8-18(29-3)9-6-16/h4-10,12,14-15H,1,11,13H2,2-3H3,(H,25,27)(H,26,28). The summed E-state index contributed by atoms with van der Waals surface area (Å²) in [4.78, 5) is 24.3. The van der Waals surface area contributed by atoms with Crippen molar-refractivity contribution in [1.29, 1.82) is 0 Å². The average molecular weight is 474 g/mol. The van der Waals surface area contributed by atoms with Crippen LogP contribution in [0.3, 0.4) is 0 Å². The minimum absolute atomic E-state index is 0.166. The number of hydrazone groups is 1. The van der Waals surface area contributed by atoms with Crippen LogP contribution in [0.25, 0.3) is 0 Å². The summed E-state index contributed by atoms with van der Waals surface area (Å²) in [6, 6.07) is 11.9. The van der Waals surface area contributed by atoms with Crippen LogP contribution in [0.15, 0.2) is 64.7 Å². The van der Waals surface area contributed by atoms with E-state index in [1.165, 1.54) is 6.21 Å². The summed E-state index contributed by atoms with van der Waals surface area (Å²) in [7, 11) is 1.58.